The first-order valence-electron chi connectivity index (χ1n) is 4.90. The lowest BCUT2D eigenvalue weighted by Crippen LogP contribution is -2.18. The molecule has 1 unspecified atom stereocenters. The van der Waals surface area contributed by atoms with Gasteiger partial charge in [0.25, 0.3) is 5.82 Å². The minimum Gasteiger partial charge on any atom is -0.475 e. The number of rotatable bonds is 2. The molecule has 1 N–H and O–H groups in total. The van der Waals surface area contributed by atoms with Crippen LogP contribution in [-0.2, 0) is 6.42 Å². The van der Waals surface area contributed by atoms with Crippen molar-refractivity contribution in [3.05, 3.63) is 47.1 Å². The van der Waals surface area contributed by atoms with Gasteiger partial charge in [0.15, 0.2) is 0 Å². The highest BCUT2D eigenvalue weighted by molar-refractivity contribution is 5.82. The van der Waals surface area contributed by atoms with Gasteiger partial charge in [-0.05, 0) is 22.7 Å². The largest absolute Gasteiger partial charge is 0.475 e. The van der Waals surface area contributed by atoms with E-state index < -0.39 is 5.97 Å². The van der Waals surface area contributed by atoms with Crippen LogP contribution in [0.1, 0.15) is 33.6 Å². The molecular formula is C11H8N2O3. The summed E-state index contributed by atoms with van der Waals surface area (Å²) >= 11 is 0. The van der Waals surface area contributed by atoms with Crippen LogP contribution in [-0.4, -0.2) is 21.2 Å². The molecule has 0 radical (unpaired) electrons. The van der Waals surface area contributed by atoms with E-state index in [1.54, 1.807) is 0 Å². The van der Waals surface area contributed by atoms with E-state index in [1.807, 2.05) is 24.3 Å². The molecule has 1 aliphatic rings. The van der Waals surface area contributed by atoms with Crippen molar-refractivity contribution in [2.75, 3.05) is 0 Å². The molecule has 0 bridgehead atoms. The number of benzene rings is 1. The zero-order valence-corrected chi connectivity index (χ0v) is 8.25. The van der Waals surface area contributed by atoms with E-state index in [4.69, 9.17) is 9.63 Å². The van der Waals surface area contributed by atoms with Crippen molar-refractivity contribution in [1.82, 2.24) is 10.1 Å². The summed E-state index contributed by atoms with van der Waals surface area (Å²) in [4.78, 5) is 14.5. The Morgan fingerprint density at radius 2 is 2.25 bits per heavy atom. The highest BCUT2D eigenvalue weighted by Gasteiger charge is 2.32. The second kappa shape index (κ2) is 3.16. The fourth-order valence-electron chi connectivity index (χ4n) is 1.94. The maximum Gasteiger partial charge on any atom is 0.377 e. The molecule has 0 spiro atoms. The van der Waals surface area contributed by atoms with E-state index in [0.29, 0.717) is 5.89 Å². The van der Waals surface area contributed by atoms with Gasteiger partial charge in [0.2, 0.25) is 5.89 Å². The van der Waals surface area contributed by atoms with Crippen LogP contribution in [0, 0.1) is 0 Å². The predicted octanol–water partition coefficient (Wildman–Crippen LogP) is 1.46. The van der Waals surface area contributed by atoms with Crippen LogP contribution in [0.3, 0.4) is 0 Å². The average molecular weight is 216 g/mol. The molecular weight excluding hydrogens is 208 g/mol. The first-order valence-corrected chi connectivity index (χ1v) is 4.90. The molecule has 1 aliphatic carbocycles. The highest BCUT2D eigenvalue weighted by Crippen LogP contribution is 2.38. The molecule has 0 saturated heterocycles. The number of carbonyl (C=O) groups is 1. The van der Waals surface area contributed by atoms with Crippen molar-refractivity contribution < 1.29 is 14.4 Å². The van der Waals surface area contributed by atoms with E-state index in [0.717, 1.165) is 12.0 Å². The summed E-state index contributed by atoms with van der Waals surface area (Å²) in [5, 5.41) is 12.1. The molecule has 16 heavy (non-hydrogen) atoms. The van der Waals surface area contributed by atoms with Crippen LogP contribution in [0.15, 0.2) is 28.8 Å². The molecule has 1 heterocycles. The van der Waals surface area contributed by atoms with Crippen molar-refractivity contribution in [3.63, 3.8) is 0 Å². The van der Waals surface area contributed by atoms with E-state index in [1.165, 1.54) is 5.56 Å². The lowest BCUT2D eigenvalue weighted by molar-refractivity contribution is 0.0680. The highest BCUT2D eigenvalue weighted by atomic mass is 16.5. The normalized spacial score (nSPS) is 17.6. The summed E-state index contributed by atoms with van der Waals surface area (Å²) in [5.74, 6) is -1.00. The Kier molecular flexibility index (Phi) is 1.80. The third kappa shape index (κ3) is 1.21. The van der Waals surface area contributed by atoms with Gasteiger partial charge in [-0.15, -0.1) is 0 Å². The van der Waals surface area contributed by atoms with Crippen LogP contribution >= 0.6 is 0 Å². The van der Waals surface area contributed by atoms with Gasteiger partial charge in [0.1, 0.15) is 0 Å². The van der Waals surface area contributed by atoms with Crippen molar-refractivity contribution in [2.45, 2.75) is 12.3 Å². The summed E-state index contributed by atoms with van der Waals surface area (Å²) in [7, 11) is 0. The first-order chi connectivity index (χ1) is 7.75. The molecule has 5 heteroatoms. The fourth-order valence-corrected chi connectivity index (χ4v) is 1.94. The average Bonchev–Trinajstić information content (AvgIpc) is 2.69. The molecule has 5 nitrogen and oxygen atoms in total. The van der Waals surface area contributed by atoms with Gasteiger partial charge in [-0.25, -0.2) is 4.79 Å². The molecule has 1 atom stereocenters. The van der Waals surface area contributed by atoms with Gasteiger partial charge in [0, 0.05) is 0 Å². The monoisotopic (exact) mass is 216 g/mol. The minimum absolute atomic E-state index is 0.0526. The summed E-state index contributed by atoms with van der Waals surface area (Å²) < 4.78 is 4.94. The quantitative estimate of drug-likeness (QED) is 0.822. The van der Waals surface area contributed by atoms with Gasteiger partial charge >= 0.3 is 5.97 Å². The maximum atomic E-state index is 10.6. The van der Waals surface area contributed by atoms with Gasteiger partial charge in [0.05, 0.1) is 5.92 Å². The molecule has 0 aliphatic heterocycles. The summed E-state index contributed by atoms with van der Waals surface area (Å²) in [6, 6.07) is 7.96. The molecule has 1 aromatic carbocycles. The second-order valence-corrected chi connectivity index (χ2v) is 3.72. The Hall–Kier alpha value is -2.17. The van der Waals surface area contributed by atoms with Gasteiger partial charge in [-0.3, -0.25) is 0 Å². The lowest BCUT2D eigenvalue weighted by Gasteiger charge is -2.26. The van der Waals surface area contributed by atoms with E-state index >= 15 is 0 Å². The van der Waals surface area contributed by atoms with Crippen LogP contribution in [0.4, 0.5) is 0 Å². The van der Waals surface area contributed by atoms with Crippen molar-refractivity contribution in [1.29, 1.82) is 0 Å². The van der Waals surface area contributed by atoms with Crippen molar-refractivity contribution in [2.24, 2.45) is 0 Å². The number of hydrogen-bond donors (Lipinski definition) is 1. The number of aromatic nitrogens is 2. The molecule has 0 amide bonds. The Labute approximate surface area is 90.7 Å². The molecule has 0 fully saturated rings. The van der Waals surface area contributed by atoms with Crippen LogP contribution in [0.25, 0.3) is 0 Å². The number of fused-ring (bicyclic) bond motifs is 1. The van der Waals surface area contributed by atoms with E-state index in [2.05, 4.69) is 10.1 Å². The summed E-state index contributed by atoms with van der Waals surface area (Å²) in [6.07, 6.45) is 0.831. The zero-order valence-electron chi connectivity index (χ0n) is 8.25. The molecule has 2 aromatic rings. The van der Waals surface area contributed by atoms with Gasteiger partial charge in [-0.2, -0.15) is 4.98 Å². The standard InChI is InChI=1S/C11H8N2O3/c14-11(15)9-12-10(16-13-9)8-5-6-3-1-2-4-7(6)8/h1-4,8H,5H2,(H,14,15). The zero-order chi connectivity index (χ0) is 11.1. The van der Waals surface area contributed by atoms with Gasteiger partial charge in [-0.1, -0.05) is 24.3 Å². The van der Waals surface area contributed by atoms with Crippen LogP contribution < -0.4 is 0 Å². The Balaban J connectivity index is 1.93. The summed E-state index contributed by atoms with van der Waals surface area (Å²) in [5.41, 5.74) is 2.39. The van der Waals surface area contributed by atoms with E-state index in [9.17, 15) is 4.79 Å². The topological polar surface area (TPSA) is 76.2 Å². The minimum atomic E-state index is -1.16. The molecule has 1 aromatic heterocycles. The molecule has 0 saturated carbocycles. The molecule has 80 valence electrons. The molecule has 3 rings (SSSR count). The van der Waals surface area contributed by atoms with Gasteiger partial charge < -0.3 is 9.63 Å². The fraction of sp³-hybridized carbons (Fsp3) is 0.182. The smallest absolute Gasteiger partial charge is 0.377 e. The Morgan fingerprint density at radius 1 is 1.44 bits per heavy atom. The third-order valence-electron chi connectivity index (χ3n) is 2.79. The number of nitrogens with zero attached hydrogens (tertiary/aromatic N) is 2. The van der Waals surface area contributed by atoms with Crippen LogP contribution in [0.2, 0.25) is 0 Å². The second-order valence-electron chi connectivity index (χ2n) is 3.72. The maximum absolute atomic E-state index is 10.6. The number of carboxylic acids is 1. The van der Waals surface area contributed by atoms with Crippen LogP contribution in [0.5, 0.6) is 0 Å². The summed E-state index contributed by atoms with van der Waals surface area (Å²) in [6.45, 7) is 0. The first kappa shape index (κ1) is 9.08. The Bertz CT molecular complexity index is 562. The van der Waals surface area contributed by atoms with E-state index in [-0.39, 0.29) is 11.7 Å². The number of hydrogen-bond acceptors (Lipinski definition) is 4. The number of carboxylic acid groups (broad SMARTS) is 1. The van der Waals surface area contributed by atoms with Crippen molar-refractivity contribution >= 4 is 5.97 Å². The predicted molar refractivity (Wildman–Crippen MR) is 53.2 cm³/mol. The SMILES string of the molecule is O=C(O)c1noc(C2Cc3ccccc32)n1. The lowest BCUT2D eigenvalue weighted by atomic mass is 9.77. The van der Waals surface area contributed by atoms with Crippen molar-refractivity contribution in [3.8, 4) is 0 Å². The third-order valence-corrected chi connectivity index (χ3v) is 2.79. The Morgan fingerprint density at radius 3 is 2.94 bits per heavy atom. The number of aromatic carboxylic acids is 1.